The van der Waals surface area contributed by atoms with Gasteiger partial charge in [0.15, 0.2) is 0 Å². The molecule has 100 valence electrons. The molecule has 1 N–H and O–H groups in total. The van der Waals surface area contributed by atoms with Gasteiger partial charge in [0.2, 0.25) is 5.88 Å². The standard InChI is InChI=1S/C15H24N2O/c1-15(2)7-4-13(5-8-15)18-14-10-12(11-16-3)6-9-17-14/h6,9-10,13,16H,4-5,7-8,11H2,1-3H3. The van der Waals surface area contributed by atoms with Crippen LogP contribution in [0.1, 0.15) is 45.1 Å². The van der Waals surface area contributed by atoms with Gasteiger partial charge in [0.1, 0.15) is 6.10 Å². The fraction of sp³-hybridized carbons (Fsp3) is 0.667. The highest BCUT2D eigenvalue weighted by Crippen LogP contribution is 2.36. The molecule has 18 heavy (non-hydrogen) atoms. The van der Waals surface area contributed by atoms with Gasteiger partial charge < -0.3 is 10.1 Å². The van der Waals surface area contributed by atoms with E-state index in [1.165, 1.54) is 18.4 Å². The topological polar surface area (TPSA) is 34.2 Å². The van der Waals surface area contributed by atoms with Crippen LogP contribution in [-0.2, 0) is 6.54 Å². The van der Waals surface area contributed by atoms with Crippen molar-refractivity contribution in [3.8, 4) is 5.88 Å². The van der Waals surface area contributed by atoms with E-state index in [0.29, 0.717) is 11.5 Å². The van der Waals surface area contributed by atoms with Crippen LogP contribution in [0, 0.1) is 5.41 Å². The van der Waals surface area contributed by atoms with E-state index >= 15 is 0 Å². The molecule has 1 fully saturated rings. The second-order valence-corrected chi connectivity index (χ2v) is 6.01. The lowest BCUT2D eigenvalue weighted by Crippen LogP contribution is -2.28. The molecule has 0 aliphatic heterocycles. The predicted octanol–water partition coefficient (Wildman–Crippen LogP) is 3.15. The van der Waals surface area contributed by atoms with E-state index in [0.717, 1.165) is 25.3 Å². The zero-order valence-corrected chi connectivity index (χ0v) is 11.7. The van der Waals surface area contributed by atoms with Crippen LogP contribution < -0.4 is 10.1 Å². The molecule has 0 unspecified atom stereocenters. The number of ether oxygens (including phenoxy) is 1. The first kappa shape index (κ1) is 13.3. The minimum atomic E-state index is 0.343. The molecule has 0 bridgehead atoms. The molecule has 1 aromatic heterocycles. The Hall–Kier alpha value is -1.09. The Balaban J connectivity index is 1.91. The third kappa shape index (κ3) is 3.70. The van der Waals surface area contributed by atoms with Gasteiger partial charge in [-0.25, -0.2) is 4.98 Å². The molecular formula is C15H24N2O. The number of hydrogen-bond acceptors (Lipinski definition) is 3. The number of nitrogens with one attached hydrogen (secondary N) is 1. The summed E-state index contributed by atoms with van der Waals surface area (Å²) in [4.78, 5) is 4.30. The highest BCUT2D eigenvalue weighted by Gasteiger charge is 2.27. The molecule has 1 aliphatic carbocycles. The summed E-state index contributed by atoms with van der Waals surface area (Å²) in [5.74, 6) is 0.771. The van der Waals surface area contributed by atoms with Crippen LogP contribution in [0.3, 0.4) is 0 Å². The average Bonchev–Trinajstić information content (AvgIpc) is 2.33. The molecule has 0 radical (unpaired) electrons. The maximum Gasteiger partial charge on any atom is 0.213 e. The quantitative estimate of drug-likeness (QED) is 0.888. The Kier molecular flexibility index (Phi) is 4.23. The number of hydrogen-bond donors (Lipinski definition) is 1. The summed E-state index contributed by atoms with van der Waals surface area (Å²) in [6.07, 6.45) is 6.95. The maximum atomic E-state index is 6.00. The van der Waals surface area contributed by atoms with E-state index in [4.69, 9.17) is 4.74 Å². The van der Waals surface area contributed by atoms with Crippen molar-refractivity contribution < 1.29 is 4.74 Å². The SMILES string of the molecule is CNCc1ccnc(OC2CCC(C)(C)CC2)c1. The highest BCUT2D eigenvalue weighted by molar-refractivity contribution is 5.20. The van der Waals surface area contributed by atoms with E-state index in [9.17, 15) is 0 Å². The van der Waals surface area contributed by atoms with Crippen molar-refractivity contribution in [2.75, 3.05) is 7.05 Å². The van der Waals surface area contributed by atoms with Gasteiger partial charge >= 0.3 is 0 Å². The van der Waals surface area contributed by atoms with Crippen molar-refractivity contribution in [3.63, 3.8) is 0 Å². The molecule has 3 heteroatoms. The average molecular weight is 248 g/mol. The van der Waals surface area contributed by atoms with Crippen LogP contribution in [0.5, 0.6) is 5.88 Å². The minimum absolute atomic E-state index is 0.343. The summed E-state index contributed by atoms with van der Waals surface area (Å²) in [5.41, 5.74) is 1.71. The van der Waals surface area contributed by atoms with Crippen molar-refractivity contribution in [2.45, 2.75) is 52.2 Å². The number of aromatic nitrogens is 1. The molecule has 0 amide bonds. The smallest absolute Gasteiger partial charge is 0.213 e. The minimum Gasteiger partial charge on any atom is -0.474 e. The highest BCUT2D eigenvalue weighted by atomic mass is 16.5. The van der Waals surface area contributed by atoms with Crippen molar-refractivity contribution in [2.24, 2.45) is 5.41 Å². The first-order valence-electron chi connectivity index (χ1n) is 6.85. The summed E-state index contributed by atoms with van der Waals surface area (Å²) in [6.45, 7) is 5.54. The van der Waals surface area contributed by atoms with E-state index in [-0.39, 0.29) is 0 Å². The first-order valence-corrected chi connectivity index (χ1v) is 6.85. The summed E-state index contributed by atoms with van der Waals surface area (Å²) in [6, 6.07) is 4.06. The van der Waals surface area contributed by atoms with Gasteiger partial charge in [0.25, 0.3) is 0 Å². The van der Waals surface area contributed by atoms with E-state index in [1.54, 1.807) is 0 Å². The van der Waals surface area contributed by atoms with Crippen LogP contribution in [-0.4, -0.2) is 18.1 Å². The van der Waals surface area contributed by atoms with Crippen LogP contribution in [0.25, 0.3) is 0 Å². The summed E-state index contributed by atoms with van der Waals surface area (Å²) in [5, 5.41) is 3.14. The summed E-state index contributed by atoms with van der Waals surface area (Å²) >= 11 is 0. The zero-order valence-electron chi connectivity index (χ0n) is 11.7. The molecule has 0 saturated heterocycles. The van der Waals surface area contributed by atoms with Gasteiger partial charge in [-0.1, -0.05) is 13.8 Å². The number of pyridine rings is 1. The normalized spacial score (nSPS) is 19.7. The van der Waals surface area contributed by atoms with Gasteiger partial charge in [-0.15, -0.1) is 0 Å². The second-order valence-electron chi connectivity index (χ2n) is 6.01. The summed E-state index contributed by atoms with van der Waals surface area (Å²) < 4.78 is 6.00. The fourth-order valence-corrected chi connectivity index (χ4v) is 2.49. The molecule has 1 saturated carbocycles. The van der Waals surface area contributed by atoms with Crippen molar-refractivity contribution in [1.29, 1.82) is 0 Å². The lowest BCUT2D eigenvalue weighted by molar-refractivity contribution is 0.0948. The second kappa shape index (κ2) is 5.70. The largest absolute Gasteiger partial charge is 0.474 e. The van der Waals surface area contributed by atoms with Crippen molar-refractivity contribution in [1.82, 2.24) is 10.3 Å². The predicted molar refractivity (Wildman–Crippen MR) is 73.7 cm³/mol. The van der Waals surface area contributed by atoms with Gasteiger partial charge in [-0.3, -0.25) is 0 Å². The van der Waals surface area contributed by atoms with E-state index in [2.05, 4.69) is 24.1 Å². The molecule has 1 aromatic rings. The van der Waals surface area contributed by atoms with Crippen LogP contribution in [0.15, 0.2) is 18.3 Å². The molecule has 0 aromatic carbocycles. The Morgan fingerprint density at radius 2 is 2.11 bits per heavy atom. The molecular weight excluding hydrogens is 224 g/mol. The third-order valence-corrected chi connectivity index (χ3v) is 3.75. The van der Waals surface area contributed by atoms with Gasteiger partial charge in [0, 0.05) is 18.8 Å². The van der Waals surface area contributed by atoms with Crippen molar-refractivity contribution >= 4 is 0 Å². The number of nitrogens with zero attached hydrogens (tertiary/aromatic N) is 1. The zero-order chi connectivity index (χ0) is 13.0. The lowest BCUT2D eigenvalue weighted by Gasteiger charge is -2.34. The first-order chi connectivity index (χ1) is 8.59. The van der Waals surface area contributed by atoms with E-state index in [1.807, 2.05) is 25.4 Å². The summed E-state index contributed by atoms with van der Waals surface area (Å²) in [7, 11) is 1.95. The molecule has 0 spiro atoms. The third-order valence-electron chi connectivity index (χ3n) is 3.75. The van der Waals surface area contributed by atoms with Gasteiger partial charge in [-0.05, 0) is 49.8 Å². The van der Waals surface area contributed by atoms with Gasteiger partial charge in [0.05, 0.1) is 0 Å². The Labute approximate surface area is 110 Å². The molecule has 1 aliphatic rings. The molecule has 3 nitrogen and oxygen atoms in total. The van der Waals surface area contributed by atoms with E-state index < -0.39 is 0 Å². The van der Waals surface area contributed by atoms with Crippen LogP contribution in [0.2, 0.25) is 0 Å². The Bertz CT molecular complexity index is 380. The maximum absolute atomic E-state index is 6.00. The van der Waals surface area contributed by atoms with Crippen molar-refractivity contribution in [3.05, 3.63) is 23.9 Å². The molecule has 0 atom stereocenters. The monoisotopic (exact) mass is 248 g/mol. The Morgan fingerprint density at radius 1 is 1.39 bits per heavy atom. The molecule has 2 rings (SSSR count). The van der Waals surface area contributed by atoms with Crippen LogP contribution in [0.4, 0.5) is 0 Å². The fourth-order valence-electron chi connectivity index (χ4n) is 2.49. The van der Waals surface area contributed by atoms with Crippen LogP contribution >= 0.6 is 0 Å². The molecule has 1 heterocycles. The van der Waals surface area contributed by atoms with Gasteiger partial charge in [-0.2, -0.15) is 0 Å². The lowest BCUT2D eigenvalue weighted by atomic mass is 9.76. The number of rotatable bonds is 4. The Morgan fingerprint density at radius 3 is 2.78 bits per heavy atom.